The highest BCUT2D eigenvalue weighted by Crippen LogP contribution is 2.41. The van der Waals surface area contributed by atoms with Gasteiger partial charge in [-0.15, -0.1) is 0 Å². The summed E-state index contributed by atoms with van der Waals surface area (Å²) in [6.45, 7) is 3.23. The molecule has 2 rings (SSSR count). The summed E-state index contributed by atoms with van der Waals surface area (Å²) >= 11 is 0. The second kappa shape index (κ2) is 3.87. The lowest BCUT2D eigenvalue weighted by atomic mass is 9.72. The topological polar surface area (TPSA) is 47.6 Å². The van der Waals surface area contributed by atoms with E-state index in [2.05, 4.69) is 5.32 Å². The molecule has 0 aromatic heterocycles. The third-order valence-electron chi connectivity index (χ3n) is 3.54. The molecule has 1 spiro atoms. The molecule has 0 saturated carbocycles. The lowest BCUT2D eigenvalue weighted by Gasteiger charge is -2.36. The number of ether oxygens (including phenoxy) is 2. The first-order valence-electron chi connectivity index (χ1n) is 5.15. The molecule has 2 heterocycles. The average Bonchev–Trinajstić information content (AvgIpc) is 2.62. The minimum atomic E-state index is -0.0723. The van der Waals surface area contributed by atoms with Gasteiger partial charge in [-0.3, -0.25) is 4.79 Å². The first kappa shape index (κ1) is 9.93. The zero-order valence-corrected chi connectivity index (χ0v) is 8.54. The average molecular weight is 199 g/mol. The zero-order chi connectivity index (χ0) is 10.0. The van der Waals surface area contributed by atoms with Crippen molar-refractivity contribution in [2.45, 2.75) is 12.8 Å². The normalized spacial score (nSPS) is 30.5. The molecule has 4 heteroatoms. The molecule has 1 unspecified atom stereocenters. The summed E-state index contributed by atoms with van der Waals surface area (Å²) in [5, 5.41) is 3.29. The van der Waals surface area contributed by atoms with Crippen molar-refractivity contribution >= 4 is 5.97 Å². The minimum absolute atomic E-state index is 0.0244. The van der Waals surface area contributed by atoms with Crippen LogP contribution in [0.3, 0.4) is 0 Å². The van der Waals surface area contributed by atoms with Crippen molar-refractivity contribution in [2.24, 2.45) is 11.3 Å². The Labute approximate surface area is 84.0 Å². The fourth-order valence-electron chi connectivity index (χ4n) is 2.58. The van der Waals surface area contributed by atoms with Gasteiger partial charge < -0.3 is 14.8 Å². The summed E-state index contributed by atoms with van der Waals surface area (Å²) in [5.41, 5.74) is 0.103. The molecule has 2 aliphatic rings. The number of esters is 1. The highest BCUT2D eigenvalue weighted by Gasteiger charge is 2.47. The Kier molecular flexibility index (Phi) is 2.74. The summed E-state index contributed by atoms with van der Waals surface area (Å²) < 4.78 is 10.2. The maximum absolute atomic E-state index is 11.6. The summed E-state index contributed by atoms with van der Waals surface area (Å²) in [5.74, 6) is -0.0479. The molecule has 0 radical (unpaired) electrons. The van der Waals surface area contributed by atoms with Gasteiger partial charge in [0.25, 0.3) is 0 Å². The third kappa shape index (κ3) is 1.53. The van der Waals surface area contributed by atoms with Gasteiger partial charge >= 0.3 is 5.97 Å². The summed E-state index contributed by atoms with van der Waals surface area (Å²) in [7, 11) is 1.47. The second-order valence-corrected chi connectivity index (χ2v) is 4.18. The van der Waals surface area contributed by atoms with Crippen molar-refractivity contribution in [1.82, 2.24) is 5.32 Å². The number of hydrogen-bond donors (Lipinski definition) is 1. The number of carbonyl (C=O) groups is 1. The van der Waals surface area contributed by atoms with E-state index in [-0.39, 0.29) is 17.3 Å². The number of carbonyl (C=O) groups excluding carboxylic acids is 1. The van der Waals surface area contributed by atoms with E-state index in [9.17, 15) is 4.79 Å². The Morgan fingerprint density at radius 1 is 1.50 bits per heavy atom. The zero-order valence-electron chi connectivity index (χ0n) is 8.54. The smallest absolute Gasteiger partial charge is 0.310 e. The van der Waals surface area contributed by atoms with Crippen LogP contribution in [0.5, 0.6) is 0 Å². The van der Waals surface area contributed by atoms with E-state index in [0.717, 1.165) is 39.1 Å². The summed E-state index contributed by atoms with van der Waals surface area (Å²) in [6.07, 6.45) is 1.94. The molecular formula is C10H17NO3. The van der Waals surface area contributed by atoms with Crippen LogP contribution >= 0.6 is 0 Å². The van der Waals surface area contributed by atoms with Gasteiger partial charge in [-0.25, -0.2) is 0 Å². The predicted octanol–water partition coefficient (Wildman–Crippen LogP) is 0.176. The Bertz CT molecular complexity index is 223. The summed E-state index contributed by atoms with van der Waals surface area (Å²) in [6, 6.07) is 0. The van der Waals surface area contributed by atoms with Crippen LogP contribution in [0.15, 0.2) is 0 Å². The Hall–Kier alpha value is -0.610. The molecule has 80 valence electrons. The molecule has 1 atom stereocenters. The highest BCUT2D eigenvalue weighted by molar-refractivity contribution is 5.74. The van der Waals surface area contributed by atoms with Gasteiger partial charge in [0.1, 0.15) is 0 Å². The Morgan fingerprint density at radius 3 is 2.86 bits per heavy atom. The molecule has 2 aliphatic heterocycles. The van der Waals surface area contributed by atoms with E-state index in [4.69, 9.17) is 9.47 Å². The molecule has 0 aromatic rings. The van der Waals surface area contributed by atoms with E-state index in [1.54, 1.807) is 0 Å². The van der Waals surface area contributed by atoms with Crippen LogP contribution < -0.4 is 5.32 Å². The van der Waals surface area contributed by atoms with Gasteiger partial charge in [-0.2, -0.15) is 0 Å². The van der Waals surface area contributed by atoms with Crippen molar-refractivity contribution in [2.75, 3.05) is 33.4 Å². The van der Waals surface area contributed by atoms with Crippen LogP contribution in [0.4, 0.5) is 0 Å². The molecule has 1 N–H and O–H groups in total. The van der Waals surface area contributed by atoms with Crippen molar-refractivity contribution in [3.05, 3.63) is 0 Å². The van der Waals surface area contributed by atoms with Crippen LogP contribution in [-0.2, 0) is 14.3 Å². The van der Waals surface area contributed by atoms with Crippen molar-refractivity contribution < 1.29 is 14.3 Å². The largest absolute Gasteiger partial charge is 0.469 e. The fraction of sp³-hybridized carbons (Fsp3) is 0.900. The van der Waals surface area contributed by atoms with Gasteiger partial charge in [0, 0.05) is 31.7 Å². The molecule has 2 fully saturated rings. The maximum Gasteiger partial charge on any atom is 0.310 e. The second-order valence-electron chi connectivity index (χ2n) is 4.18. The molecule has 14 heavy (non-hydrogen) atoms. The predicted molar refractivity (Wildman–Crippen MR) is 50.9 cm³/mol. The highest BCUT2D eigenvalue weighted by atomic mass is 16.5. The van der Waals surface area contributed by atoms with Gasteiger partial charge in [0.15, 0.2) is 0 Å². The monoisotopic (exact) mass is 199 g/mol. The fourth-order valence-corrected chi connectivity index (χ4v) is 2.58. The molecule has 0 aliphatic carbocycles. The van der Waals surface area contributed by atoms with Gasteiger partial charge in [0.2, 0.25) is 0 Å². The van der Waals surface area contributed by atoms with Crippen LogP contribution in [0.2, 0.25) is 0 Å². The quantitative estimate of drug-likeness (QED) is 0.612. The summed E-state index contributed by atoms with van der Waals surface area (Å²) in [4.78, 5) is 11.6. The van der Waals surface area contributed by atoms with Gasteiger partial charge in [-0.05, 0) is 12.8 Å². The Morgan fingerprint density at radius 2 is 2.21 bits per heavy atom. The number of hydrogen-bond acceptors (Lipinski definition) is 4. The number of methoxy groups -OCH3 is 1. The lowest BCUT2D eigenvalue weighted by Crippen LogP contribution is -2.40. The lowest BCUT2D eigenvalue weighted by molar-refractivity contribution is -0.150. The third-order valence-corrected chi connectivity index (χ3v) is 3.54. The van der Waals surface area contributed by atoms with Gasteiger partial charge in [-0.1, -0.05) is 0 Å². The van der Waals surface area contributed by atoms with E-state index in [1.807, 2.05) is 0 Å². The van der Waals surface area contributed by atoms with Crippen molar-refractivity contribution in [3.63, 3.8) is 0 Å². The van der Waals surface area contributed by atoms with E-state index < -0.39 is 0 Å². The molecule has 2 saturated heterocycles. The first-order valence-corrected chi connectivity index (χ1v) is 5.15. The Balaban J connectivity index is 2.11. The van der Waals surface area contributed by atoms with Crippen LogP contribution in [0.1, 0.15) is 12.8 Å². The minimum Gasteiger partial charge on any atom is -0.469 e. The van der Waals surface area contributed by atoms with Gasteiger partial charge in [0.05, 0.1) is 13.0 Å². The molecule has 0 amide bonds. The first-order chi connectivity index (χ1) is 6.78. The van der Waals surface area contributed by atoms with Crippen molar-refractivity contribution in [1.29, 1.82) is 0 Å². The SMILES string of the molecule is COC(=O)C1CNCC12CCOCC2. The number of nitrogens with one attached hydrogen (secondary N) is 1. The molecule has 0 aromatic carbocycles. The van der Waals surface area contributed by atoms with E-state index >= 15 is 0 Å². The van der Waals surface area contributed by atoms with E-state index in [0.29, 0.717) is 0 Å². The standard InChI is InChI=1S/C10H17NO3/c1-13-9(12)8-6-11-7-10(8)2-4-14-5-3-10/h8,11H,2-7H2,1H3. The van der Waals surface area contributed by atoms with Crippen molar-refractivity contribution in [3.8, 4) is 0 Å². The molecule has 0 bridgehead atoms. The van der Waals surface area contributed by atoms with Crippen LogP contribution in [0.25, 0.3) is 0 Å². The maximum atomic E-state index is 11.6. The van der Waals surface area contributed by atoms with Crippen LogP contribution in [-0.4, -0.2) is 39.4 Å². The molecule has 4 nitrogen and oxygen atoms in total. The van der Waals surface area contributed by atoms with E-state index in [1.165, 1.54) is 7.11 Å². The van der Waals surface area contributed by atoms with Crippen LogP contribution in [0, 0.1) is 11.3 Å². The number of rotatable bonds is 1. The molecular weight excluding hydrogens is 182 g/mol.